The number of oxazole rings is 1. The predicted octanol–water partition coefficient (Wildman–Crippen LogP) is 4.34. The number of nitrogens with zero attached hydrogens (tertiary/aromatic N) is 2. The van der Waals surface area contributed by atoms with Gasteiger partial charge < -0.3 is 15.5 Å². The van der Waals surface area contributed by atoms with Gasteiger partial charge in [0.2, 0.25) is 11.8 Å². The number of hydrogen-bond donors (Lipinski definition) is 3. The maximum absolute atomic E-state index is 12.1. The van der Waals surface area contributed by atoms with E-state index in [2.05, 4.69) is 41.4 Å². The summed E-state index contributed by atoms with van der Waals surface area (Å²) in [4.78, 5) is 32.6. The molecule has 1 aromatic carbocycles. The first-order valence-corrected chi connectivity index (χ1v) is 9.60. The van der Waals surface area contributed by atoms with Crippen LogP contribution in [-0.2, 0) is 5.41 Å². The number of nitrogens with one attached hydrogen (secondary N) is 2. The highest BCUT2D eigenvalue weighted by Gasteiger charge is 2.18. The van der Waals surface area contributed by atoms with E-state index in [0.717, 1.165) is 10.6 Å². The average Bonchev–Trinajstić information content (AvgIpc) is 3.29. The molecule has 0 bridgehead atoms. The minimum atomic E-state index is -0.564. The summed E-state index contributed by atoms with van der Waals surface area (Å²) in [6, 6.07) is 5.89. The van der Waals surface area contributed by atoms with Crippen molar-refractivity contribution in [2.45, 2.75) is 26.2 Å². The van der Waals surface area contributed by atoms with Crippen molar-refractivity contribution in [2.75, 3.05) is 10.6 Å². The molecule has 2 heterocycles. The highest BCUT2D eigenvalue weighted by atomic mass is 32.1. The SMILES string of the molecule is CC(C)(C)c1cnc(C=Cc2cnc(NC(=O)Nc3cccc(C(N)=O)c3)s2)o1. The fourth-order valence-electron chi connectivity index (χ4n) is 2.30. The number of benzene rings is 1. The lowest BCUT2D eigenvalue weighted by molar-refractivity contribution is 0.1000. The first-order chi connectivity index (χ1) is 13.7. The Labute approximate surface area is 171 Å². The smallest absolute Gasteiger partial charge is 0.325 e. The second kappa shape index (κ2) is 8.27. The van der Waals surface area contributed by atoms with Gasteiger partial charge in [-0.15, -0.1) is 0 Å². The monoisotopic (exact) mass is 411 g/mol. The number of aromatic nitrogens is 2. The van der Waals surface area contributed by atoms with Crippen molar-refractivity contribution in [3.63, 3.8) is 0 Å². The van der Waals surface area contributed by atoms with Gasteiger partial charge in [-0.3, -0.25) is 10.1 Å². The van der Waals surface area contributed by atoms with Gasteiger partial charge in [-0.2, -0.15) is 0 Å². The number of rotatable bonds is 5. The third-order valence-electron chi connectivity index (χ3n) is 3.80. The molecule has 0 saturated carbocycles. The molecule has 9 heteroatoms. The van der Waals surface area contributed by atoms with Crippen LogP contribution in [0.15, 0.2) is 41.1 Å². The largest absolute Gasteiger partial charge is 0.441 e. The molecule has 0 fully saturated rings. The number of urea groups is 1. The van der Waals surface area contributed by atoms with E-state index in [1.165, 1.54) is 17.4 Å². The van der Waals surface area contributed by atoms with E-state index in [1.54, 1.807) is 36.7 Å². The van der Waals surface area contributed by atoms with Gasteiger partial charge in [-0.1, -0.05) is 38.2 Å². The second-order valence-corrected chi connectivity index (χ2v) is 8.30. The first-order valence-electron chi connectivity index (χ1n) is 8.79. The van der Waals surface area contributed by atoms with Crippen LogP contribution in [0.3, 0.4) is 0 Å². The molecule has 29 heavy (non-hydrogen) atoms. The topological polar surface area (TPSA) is 123 Å². The van der Waals surface area contributed by atoms with E-state index in [0.29, 0.717) is 22.3 Å². The van der Waals surface area contributed by atoms with E-state index in [1.807, 2.05) is 6.08 Å². The number of carbonyl (C=O) groups excluding carboxylic acids is 2. The lowest BCUT2D eigenvalue weighted by atomic mass is 9.94. The molecule has 0 unspecified atom stereocenters. The summed E-state index contributed by atoms with van der Waals surface area (Å²) in [6.45, 7) is 6.16. The molecule has 0 aliphatic carbocycles. The number of anilines is 2. The fourth-order valence-corrected chi connectivity index (χ4v) is 3.01. The Kier molecular flexibility index (Phi) is 5.79. The molecule has 150 valence electrons. The molecular formula is C20H21N5O3S. The first kappa shape index (κ1) is 20.3. The van der Waals surface area contributed by atoms with Crippen molar-refractivity contribution in [1.82, 2.24) is 9.97 Å². The standard InChI is InChI=1S/C20H21N5O3S/c1-20(2,3)15-11-22-16(28-15)8-7-14-10-23-19(29-14)25-18(27)24-13-6-4-5-12(9-13)17(21)26/h4-11H,1-3H3,(H2,21,26)(H2,23,24,25,27). The predicted molar refractivity (Wildman–Crippen MR) is 114 cm³/mol. The molecule has 3 amide bonds. The van der Waals surface area contributed by atoms with Crippen LogP contribution in [0.1, 0.15) is 47.7 Å². The lowest BCUT2D eigenvalue weighted by Gasteiger charge is -2.12. The van der Waals surface area contributed by atoms with E-state index in [9.17, 15) is 9.59 Å². The van der Waals surface area contributed by atoms with Crippen molar-refractivity contribution < 1.29 is 14.0 Å². The van der Waals surface area contributed by atoms with Gasteiger partial charge in [0.1, 0.15) is 5.76 Å². The number of carbonyl (C=O) groups is 2. The maximum atomic E-state index is 12.1. The Morgan fingerprint density at radius 2 is 1.93 bits per heavy atom. The van der Waals surface area contributed by atoms with Crippen LogP contribution in [-0.4, -0.2) is 21.9 Å². The molecule has 0 radical (unpaired) electrons. The van der Waals surface area contributed by atoms with Gasteiger partial charge in [-0.25, -0.2) is 14.8 Å². The van der Waals surface area contributed by atoms with Gasteiger partial charge in [0.15, 0.2) is 5.13 Å². The molecule has 0 aliphatic heterocycles. The molecule has 8 nitrogen and oxygen atoms in total. The zero-order valence-corrected chi connectivity index (χ0v) is 17.0. The van der Waals surface area contributed by atoms with Crippen molar-refractivity contribution in [3.05, 3.63) is 58.8 Å². The van der Waals surface area contributed by atoms with Crippen LogP contribution in [0.4, 0.5) is 15.6 Å². The maximum Gasteiger partial charge on any atom is 0.325 e. The molecule has 0 atom stereocenters. The summed E-state index contributed by atoms with van der Waals surface area (Å²) in [5.41, 5.74) is 5.90. The fraction of sp³-hybridized carbons (Fsp3) is 0.200. The van der Waals surface area contributed by atoms with Crippen LogP contribution in [0.2, 0.25) is 0 Å². The van der Waals surface area contributed by atoms with E-state index in [-0.39, 0.29) is 5.41 Å². The third-order valence-corrected chi connectivity index (χ3v) is 4.68. The van der Waals surface area contributed by atoms with E-state index >= 15 is 0 Å². The van der Waals surface area contributed by atoms with Crippen molar-refractivity contribution in [2.24, 2.45) is 5.73 Å². The number of primary amides is 1. The summed E-state index contributed by atoms with van der Waals surface area (Å²) < 4.78 is 5.71. The molecule has 0 aliphatic rings. The molecule has 0 spiro atoms. The highest BCUT2D eigenvalue weighted by molar-refractivity contribution is 7.16. The van der Waals surface area contributed by atoms with Crippen LogP contribution >= 0.6 is 11.3 Å². The summed E-state index contributed by atoms with van der Waals surface area (Å²) in [7, 11) is 0. The van der Waals surface area contributed by atoms with Gasteiger partial charge >= 0.3 is 6.03 Å². The van der Waals surface area contributed by atoms with Crippen molar-refractivity contribution >= 4 is 46.2 Å². The minimum Gasteiger partial charge on any atom is -0.441 e. The summed E-state index contributed by atoms with van der Waals surface area (Å²) in [5.74, 6) is 0.747. The van der Waals surface area contributed by atoms with Gasteiger partial charge in [0.25, 0.3) is 0 Å². The molecule has 2 aromatic heterocycles. The normalized spacial score (nSPS) is 11.6. The highest BCUT2D eigenvalue weighted by Crippen LogP contribution is 2.24. The quantitative estimate of drug-likeness (QED) is 0.576. The second-order valence-electron chi connectivity index (χ2n) is 7.24. The van der Waals surface area contributed by atoms with Crippen molar-refractivity contribution in [3.8, 4) is 0 Å². The van der Waals surface area contributed by atoms with Crippen LogP contribution in [0.5, 0.6) is 0 Å². The summed E-state index contributed by atoms with van der Waals surface area (Å²) >= 11 is 1.30. The summed E-state index contributed by atoms with van der Waals surface area (Å²) in [5, 5.41) is 5.71. The Balaban J connectivity index is 1.60. The Bertz CT molecular complexity index is 1060. The van der Waals surface area contributed by atoms with Gasteiger partial charge in [0.05, 0.1) is 6.20 Å². The number of thiazole rings is 1. The number of nitrogens with two attached hydrogens (primary N) is 1. The van der Waals surface area contributed by atoms with Crippen LogP contribution in [0.25, 0.3) is 12.2 Å². The molecular weight excluding hydrogens is 390 g/mol. The zero-order chi connectivity index (χ0) is 21.0. The van der Waals surface area contributed by atoms with Gasteiger partial charge in [-0.05, 0) is 24.3 Å². The average molecular weight is 411 g/mol. The summed E-state index contributed by atoms with van der Waals surface area (Å²) in [6.07, 6.45) is 6.92. The Morgan fingerprint density at radius 3 is 2.62 bits per heavy atom. The van der Waals surface area contributed by atoms with E-state index < -0.39 is 11.9 Å². The van der Waals surface area contributed by atoms with Gasteiger partial charge in [0, 0.05) is 33.8 Å². The zero-order valence-electron chi connectivity index (χ0n) is 16.2. The number of amides is 3. The van der Waals surface area contributed by atoms with E-state index in [4.69, 9.17) is 10.2 Å². The molecule has 4 N–H and O–H groups in total. The number of hydrogen-bond acceptors (Lipinski definition) is 6. The molecule has 3 aromatic rings. The molecule has 3 rings (SSSR count). The van der Waals surface area contributed by atoms with Crippen LogP contribution in [0, 0.1) is 0 Å². The van der Waals surface area contributed by atoms with Crippen LogP contribution < -0.4 is 16.4 Å². The molecule has 0 saturated heterocycles. The lowest BCUT2D eigenvalue weighted by Crippen LogP contribution is -2.19. The minimum absolute atomic E-state index is 0.106. The Hall–Kier alpha value is -3.46. The van der Waals surface area contributed by atoms with Crippen molar-refractivity contribution in [1.29, 1.82) is 0 Å². The third kappa shape index (κ3) is 5.52. The Morgan fingerprint density at radius 1 is 1.14 bits per heavy atom.